The number of methoxy groups -OCH3 is 1. The van der Waals surface area contributed by atoms with E-state index in [1.165, 1.54) is 0 Å². The third-order valence-corrected chi connectivity index (χ3v) is 2.36. The molecule has 0 aromatic heterocycles. The van der Waals surface area contributed by atoms with Gasteiger partial charge in [-0.2, -0.15) is 0 Å². The standard InChI is InChI=1S/C11H15NO2S/c1-7-4-5-9(10(6-7)13-3)14-8(2)11(12)15/h4-6,8H,1-3H3,(H2,12,15). The van der Waals surface area contributed by atoms with Crippen molar-refractivity contribution in [3.05, 3.63) is 23.8 Å². The Morgan fingerprint density at radius 1 is 1.40 bits per heavy atom. The molecule has 1 aromatic carbocycles. The molecule has 1 unspecified atom stereocenters. The second-order valence-electron chi connectivity index (χ2n) is 3.32. The molecule has 0 amide bonds. The molecule has 0 heterocycles. The van der Waals surface area contributed by atoms with Gasteiger partial charge in [-0.3, -0.25) is 0 Å². The van der Waals surface area contributed by atoms with Crippen LogP contribution in [-0.4, -0.2) is 18.2 Å². The topological polar surface area (TPSA) is 44.5 Å². The summed E-state index contributed by atoms with van der Waals surface area (Å²) in [6.45, 7) is 3.80. The highest BCUT2D eigenvalue weighted by molar-refractivity contribution is 7.80. The highest BCUT2D eigenvalue weighted by Gasteiger charge is 2.10. The maximum absolute atomic E-state index is 5.56. The summed E-state index contributed by atoms with van der Waals surface area (Å²) in [6.07, 6.45) is -0.295. The first-order valence-corrected chi connectivity index (χ1v) is 5.06. The SMILES string of the molecule is COc1cc(C)ccc1OC(C)C(N)=S. The minimum atomic E-state index is -0.295. The van der Waals surface area contributed by atoms with Gasteiger partial charge < -0.3 is 15.2 Å². The highest BCUT2D eigenvalue weighted by atomic mass is 32.1. The van der Waals surface area contributed by atoms with Crippen LogP contribution in [0.3, 0.4) is 0 Å². The maximum atomic E-state index is 5.56. The molecular weight excluding hydrogens is 210 g/mol. The Morgan fingerprint density at radius 3 is 2.60 bits per heavy atom. The van der Waals surface area contributed by atoms with E-state index >= 15 is 0 Å². The second kappa shape index (κ2) is 4.98. The van der Waals surface area contributed by atoms with Gasteiger partial charge in [-0.25, -0.2) is 0 Å². The van der Waals surface area contributed by atoms with Crippen molar-refractivity contribution in [3.8, 4) is 11.5 Å². The zero-order valence-corrected chi connectivity index (χ0v) is 9.93. The first-order chi connectivity index (χ1) is 7.04. The van der Waals surface area contributed by atoms with Crippen molar-refractivity contribution >= 4 is 17.2 Å². The first-order valence-electron chi connectivity index (χ1n) is 4.65. The molecule has 0 saturated heterocycles. The number of nitrogens with two attached hydrogens (primary N) is 1. The first kappa shape index (κ1) is 11.8. The number of rotatable bonds is 4. The molecule has 1 rings (SSSR count). The number of hydrogen-bond acceptors (Lipinski definition) is 3. The lowest BCUT2D eigenvalue weighted by molar-refractivity contribution is 0.270. The van der Waals surface area contributed by atoms with Gasteiger partial charge in [-0.15, -0.1) is 0 Å². The number of thiocarbonyl (C=S) groups is 1. The van der Waals surface area contributed by atoms with Gasteiger partial charge in [0.05, 0.1) is 7.11 Å². The van der Waals surface area contributed by atoms with Crippen LogP contribution < -0.4 is 15.2 Å². The molecule has 0 fully saturated rings. The van der Waals surface area contributed by atoms with Gasteiger partial charge in [0.1, 0.15) is 11.1 Å². The van der Waals surface area contributed by atoms with Gasteiger partial charge in [0.15, 0.2) is 11.5 Å². The summed E-state index contributed by atoms with van der Waals surface area (Å²) in [5, 5.41) is 0. The highest BCUT2D eigenvalue weighted by Crippen LogP contribution is 2.28. The van der Waals surface area contributed by atoms with Crippen molar-refractivity contribution in [1.29, 1.82) is 0 Å². The Bertz CT molecular complexity index is 366. The van der Waals surface area contributed by atoms with Crippen LogP contribution in [0.5, 0.6) is 11.5 Å². The molecule has 2 N–H and O–H groups in total. The Labute approximate surface area is 95.2 Å². The number of hydrogen-bond donors (Lipinski definition) is 1. The molecule has 3 nitrogen and oxygen atoms in total. The van der Waals surface area contributed by atoms with Crippen molar-refractivity contribution in [2.24, 2.45) is 5.73 Å². The smallest absolute Gasteiger partial charge is 0.162 e. The maximum Gasteiger partial charge on any atom is 0.162 e. The molecule has 4 heteroatoms. The van der Waals surface area contributed by atoms with Gasteiger partial charge in [0.25, 0.3) is 0 Å². The van der Waals surface area contributed by atoms with E-state index in [1.54, 1.807) is 7.11 Å². The van der Waals surface area contributed by atoms with Crippen molar-refractivity contribution < 1.29 is 9.47 Å². The fourth-order valence-corrected chi connectivity index (χ4v) is 1.17. The van der Waals surface area contributed by atoms with Gasteiger partial charge in [-0.1, -0.05) is 18.3 Å². The molecule has 0 aliphatic heterocycles. The number of benzene rings is 1. The molecule has 0 spiro atoms. The van der Waals surface area contributed by atoms with E-state index in [0.29, 0.717) is 16.5 Å². The molecule has 0 radical (unpaired) electrons. The Kier molecular flexibility index (Phi) is 3.91. The van der Waals surface area contributed by atoms with Crippen molar-refractivity contribution in [2.45, 2.75) is 20.0 Å². The second-order valence-corrected chi connectivity index (χ2v) is 3.79. The molecule has 0 aliphatic rings. The Hall–Kier alpha value is -1.29. The van der Waals surface area contributed by atoms with Gasteiger partial charge in [0.2, 0.25) is 0 Å². The van der Waals surface area contributed by atoms with Crippen molar-refractivity contribution in [3.63, 3.8) is 0 Å². The monoisotopic (exact) mass is 225 g/mol. The average molecular weight is 225 g/mol. The lowest BCUT2D eigenvalue weighted by atomic mass is 10.2. The normalized spacial score (nSPS) is 11.9. The Morgan fingerprint density at radius 2 is 2.07 bits per heavy atom. The molecule has 0 bridgehead atoms. The van der Waals surface area contributed by atoms with Crippen LogP contribution in [0.2, 0.25) is 0 Å². The zero-order chi connectivity index (χ0) is 11.4. The van der Waals surface area contributed by atoms with Crippen LogP contribution in [0, 0.1) is 6.92 Å². The summed E-state index contributed by atoms with van der Waals surface area (Å²) < 4.78 is 10.8. The van der Waals surface area contributed by atoms with E-state index in [1.807, 2.05) is 32.0 Å². The van der Waals surface area contributed by atoms with Gasteiger partial charge in [0, 0.05) is 0 Å². The van der Waals surface area contributed by atoms with Crippen LogP contribution in [-0.2, 0) is 0 Å². The van der Waals surface area contributed by atoms with Crippen molar-refractivity contribution in [1.82, 2.24) is 0 Å². The number of ether oxygens (including phenoxy) is 2. The molecule has 0 saturated carbocycles. The van der Waals surface area contributed by atoms with E-state index in [-0.39, 0.29) is 6.10 Å². The minimum absolute atomic E-state index is 0.295. The minimum Gasteiger partial charge on any atom is -0.493 e. The number of aryl methyl sites for hydroxylation is 1. The lowest BCUT2D eigenvalue weighted by Crippen LogP contribution is -2.29. The van der Waals surface area contributed by atoms with E-state index < -0.39 is 0 Å². The lowest BCUT2D eigenvalue weighted by Gasteiger charge is -2.15. The largest absolute Gasteiger partial charge is 0.493 e. The van der Waals surface area contributed by atoms with Crippen molar-refractivity contribution in [2.75, 3.05) is 7.11 Å². The summed E-state index contributed by atoms with van der Waals surface area (Å²) in [5.41, 5.74) is 6.58. The van der Waals surface area contributed by atoms with Crippen LogP contribution in [0.15, 0.2) is 18.2 Å². The predicted molar refractivity (Wildman–Crippen MR) is 64.6 cm³/mol. The van der Waals surface area contributed by atoms with E-state index in [9.17, 15) is 0 Å². The van der Waals surface area contributed by atoms with Crippen LogP contribution >= 0.6 is 12.2 Å². The third-order valence-electron chi connectivity index (χ3n) is 2.02. The van der Waals surface area contributed by atoms with Gasteiger partial charge >= 0.3 is 0 Å². The van der Waals surface area contributed by atoms with Crippen LogP contribution in [0.1, 0.15) is 12.5 Å². The molecule has 82 valence electrons. The van der Waals surface area contributed by atoms with Gasteiger partial charge in [-0.05, 0) is 31.5 Å². The summed E-state index contributed by atoms with van der Waals surface area (Å²) >= 11 is 4.83. The summed E-state index contributed by atoms with van der Waals surface area (Å²) in [4.78, 5) is 0.331. The van der Waals surface area contributed by atoms with Crippen LogP contribution in [0.4, 0.5) is 0 Å². The fraction of sp³-hybridized carbons (Fsp3) is 0.364. The predicted octanol–water partition coefficient (Wildman–Crippen LogP) is 2.06. The summed E-state index contributed by atoms with van der Waals surface area (Å²) in [6, 6.07) is 5.70. The van der Waals surface area contributed by atoms with E-state index in [4.69, 9.17) is 27.4 Å². The molecule has 15 heavy (non-hydrogen) atoms. The van der Waals surface area contributed by atoms with E-state index in [2.05, 4.69) is 0 Å². The van der Waals surface area contributed by atoms with E-state index in [0.717, 1.165) is 5.56 Å². The molecule has 1 aromatic rings. The average Bonchev–Trinajstić information content (AvgIpc) is 2.20. The summed E-state index contributed by atoms with van der Waals surface area (Å²) in [5.74, 6) is 1.35. The fourth-order valence-electron chi connectivity index (χ4n) is 1.12. The zero-order valence-electron chi connectivity index (χ0n) is 9.11. The molecule has 1 atom stereocenters. The Balaban J connectivity index is 2.89. The summed E-state index contributed by atoms with van der Waals surface area (Å²) in [7, 11) is 1.60. The molecular formula is C11H15NO2S. The van der Waals surface area contributed by atoms with Crippen LogP contribution in [0.25, 0.3) is 0 Å². The quantitative estimate of drug-likeness (QED) is 0.797. The third kappa shape index (κ3) is 3.09. The molecule has 0 aliphatic carbocycles.